The molecule has 1 aromatic rings. The summed E-state index contributed by atoms with van der Waals surface area (Å²) in [5.41, 5.74) is 1.70. The van der Waals surface area contributed by atoms with Crippen molar-refractivity contribution in [1.29, 1.82) is 0 Å². The van der Waals surface area contributed by atoms with E-state index in [0.29, 0.717) is 5.33 Å². The molecule has 0 N–H and O–H groups in total. The van der Waals surface area contributed by atoms with E-state index in [1.807, 2.05) is 6.92 Å². The summed E-state index contributed by atoms with van der Waals surface area (Å²) in [6.07, 6.45) is 3.78. The van der Waals surface area contributed by atoms with E-state index in [9.17, 15) is 4.39 Å². The molecule has 68 valence electrons. The fourth-order valence-electron chi connectivity index (χ4n) is 0.956. The molecule has 0 saturated heterocycles. The number of rotatable bonds is 2. The average Bonchev–Trinajstić information content (AvgIpc) is 2.04. The molecule has 0 radical (unpaired) electrons. The van der Waals surface area contributed by atoms with Crippen LogP contribution in [-0.4, -0.2) is 4.98 Å². The molecule has 0 saturated carbocycles. The second-order valence-corrected chi connectivity index (χ2v) is 2.81. The highest BCUT2D eigenvalue weighted by Crippen LogP contribution is 2.15. The number of alkyl halides is 1. The minimum Gasteiger partial charge on any atom is -0.261 e. The highest BCUT2D eigenvalue weighted by molar-refractivity contribution is 9.08. The number of aromatic nitrogens is 1. The van der Waals surface area contributed by atoms with Crippen LogP contribution in [0.5, 0.6) is 0 Å². The van der Waals surface area contributed by atoms with Crippen molar-refractivity contribution in [2.45, 2.75) is 18.7 Å². The van der Waals surface area contributed by atoms with E-state index in [2.05, 4.69) is 20.9 Å². The summed E-state index contributed by atoms with van der Waals surface area (Å²) in [7, 11) is 0. The van der Waals surface area contributed by atoms with Gasteiger partial charge in [0.05, 0.1) is 6.20 Å². The molecule has 1 rings (SSSR count). The normalized spacial score (nSPS) is 9.25. The molecule has 0 unspecified atom stereocenters. The maximum Gasteiger partial charge on any atom is 0.145 e. The van der Waals surface area contributed by atoms with Crippen molar-refractivity contribution in [3.05, 3.63) is 29.3 Å². The molecule has 0 aliphatic rings. The summed E-state index contributed by atoms with van der Waals surface area (Å²) < 4.78 is 12.9. The van der Waals surface area contributed by atoms with Gasteiger partial charge in [0.2, 0.25) is 0 Å². The van der Waals surface area contributed by atoms with Gasteiger partial charge in [0, 0.05) is 17.1 Å². The molecule has 0 fully saturated rings. The minimum absolute atomic E-state index is 0. The molecule has 0 spiro atoms. The Bertz CT molecular complexity index is 253. The summed E-state index contributed by atoms with van der Waals surface area (Å²) in [6, 6.07) is 0. The number of hydrogen-bond donors (Lipinski definition) is 0. The molecule has 0 amide bonds. The number of pyridine rings is 1. The first-order valence-electron chi connectivity index (χ1n) is 3.46. The van der Waals surface area contributed by atoms with Crippen LogP contribution in [0.3, 0.4) is 0 Å². The third-order valence-electron chi connectivity index (χ3n) is 1.61. The van der Waals surface area contributed by atoms with E-state index < -0.39 is 0 Å². The third kappa shape index (κ3) is 2.52. The van der Waals surface area contributed by atoms with Crippen LogP contribution in [0, 0.1) is 5.82 Å². The van der Waals surface area contributed by atoms with Gasteiger partial charge in [0.15, 0.2) is 0 Å². The smallest absolute Gasteiger partial charge is 0.145 e. The summed E-state index contributed by atoms with van der Waals surface area (Å²) in [6.45, 7) is 1.99. The zero-order valence-electron chi connectivity index (χ0n) is 6.68. The Kier molecular flexibility index (Phi) is 5.66. The SMILES string of the molecule is Br.CCc1cncc(F)c1CBr. The van der Waals surface area contributed by atoms with E-state index in [4.69, 9.17) is 0 Å². The van der Waals surface area contributed by atoms with Crippen LogP contribution in [0.2, 0.25) is 0 Å². The van der Waals surface area contributed by atoms with Crippen molar-refractivity contribution >= 4 is 32.9 Å². The topological polar surface area (TPSA) is 12.9 Å². The lowest BCUT2D eigenvalue weighted by atomic mass is 10.1. The van der Waals surface area contributed by atoms with Gasteiger partial charge in [-0.3, -0.25) is 4.98 Å². The van der Waals surface area contributed by atoms with Gasteiger partial charge in [-0.05, 0) is 12.0 Å². The Balaban J connectivity index is 0.00000121. The van der Waals surface area contributed by atoms with Gasteiger partial charge in [-0.15, -0.1) is 17.0 Å². The van der Waals surface area contributed by atoms with Crippen molar-refractivity contribution in [2.75, 3.05) is 0 Å². The van der Waals surface area contributed by atoms with Crippen molar-refractivity contribution in [3.8, 4) is 0 Å². The standard InChI is InChI=1S/C8H9BrFN.BrH/c1-2-6-4-11-5-8(10)7(6)3-9;/h4-5H,2-3H2,1H3;1H. The number of halogens is 3. The quantitative estimate of drug-likeness (QED) is 0.764. The Morgan fingerprint density at radius 2 is 2.17 bits per heavy atom. The summed E-state index contributed by atoms with van der Waals surface area (Å²) in [4.78, 5) is 3.77. The van der Waals surface area contributed by atoms with Crippen LogP contribution in [0.15, 0.2) is 12.4 Å². The lowest BCUT2D eigenvalue weighted by molar-refractivity contribution is 0.607. The van der Waals surface area contributed by atoms with Crippen LogP contribution in [0.4, 0.5) is 4.39 Å². The predicted octanol–water partition coefficient (Wildman–Crippen LogP) is 3.26. The van der Waals surface area contributed by atoms with Gasteiger partial charge in [-0.1, -0.05) is 22.9 Å². The first-order valence-corrected chi connectivity index (χ1v) is 4.59. The van der Waals surface area contributed by atoms with E-state index in [1.165, 1.54) is 6.20 Å². The van der Waals surface area contributed by atoms with E-state index in [-0.39, 0.29) is 22.8 Å². The fraction of sp³-hybridized carbons (Fsp3) is 0.375. The van der Waals surface area contributed by atoms with Gasteiger partial charge < -0.3 is 0 Å². The average molecular weight is 299 g/mol. The molecule has 0 aliphatic carbocycles. The van der Waals surface area contributed by atoms with Crippen LogP contribution in [-0.2, 0) is 11.8 Å². The highest BCUT2D eigenvalue weighted by Gasteiger charge is 2.04. The number of aryl methyl sites for hydroxylation is 1. The summed E-state index contributed by atoms with van der Waals surface area (Å²) in [5, 5.41) is 0.560. The molecule has 0 atom stereocenters. The Hall–Kier alpha value is 0.0400. The molecule has 1 aromatic heterocycles. The monoisotopic (exact) mass is 297 g/mol. The van der Waals surface area contributed by atoms with E-state index in [1.54, 1.807) is 6.20 Å². The Labute approximate surface area is 90.3 Å². The lowest BCUT2D eigenvalue weighted by Gasteiger charge is -2.03. The predicted molar refractivity (Wildman–Crippen MR) is 56.5 cm³/mol. The second kappa shape index (κ2) is 5.65. The van der Waals surface area contributed by atoms with Crippen molar-refractivity contribution in [1.82, 2.24) is 4.98 Å². The van der Waals surface area contributed by atoms with E-state index in [0.717, 1.165) is 17.5 Å². The zero-order valence-corrected chi connectivity index (χ0v) is 9.98. The molecule has 4 heteroatoms. The van der Waals surface area contributed by atoms with Gasteiger partial charge in [-0.2, -0.15) is 0 Å². The fourth-order valence-corrected chi connectivity index (χ4v) is 1.58. The molecule has 1 heterocycles. The Morgan fingerprint density at radius 1 is 1.50 bits per heavy atom. The summed E-state index contributed by atoms with van der Waals surface area (Å²) in [5.74, 6) is -0.221. The van der Waals surface area contributed by atoms with Gasteiger partial charge in [0.25, 0.3) is 0 Å². The van der Waals surface area contributed by atoms with Gasteiger partial charge in [-0.25, -0.2) is 4.39 Å². The Morgan fingerprint density at radius 3 is 2.58 bits per heavy atom. The summed E-state index contributed by atoms with van der Waals surface area (Å²) >= 11 is 3.23. The first-order chi connectivity index (χ1) is 5.29. The molecule has 1 nitrogen and oxygen atoms in total. The van der Waals surface area contributed by atoms with E-state index >= 15 is 0 Å². The number of nitrogens with zero attached hydrogens (tertiary/aromatic N) is 1. The second-order valence-electron chi connectivity index (χ2n) is 2.25. The first kappa shape index (κ1) is 12.0. The van der Waals surface area contributed by atoms with Crippen molar-refractivity contribution in [3.63, 3.8) is 0 Å². The maximum absolute atomic E-state index is 12.9. The molecule has 12 heavy (non-hydrogen) atoms. The van der Waals surface area contributed by atoms with Crippen LogP contribution in [0.1, 0.15) is 18.1 Å². The molecule has 0 aromatic carbocycles. The van der Waals surface area contributed by atoms with Crippen LogP contribution in [0.25, 0.3) is 0 Å². The molecular weight excluding hydrogens is 289 g/mol. The van der Waals surface area contributed by atoms with Gasteiger partial charge in [0.1, 0.15) is 5.82 Å². The van der Waals surface area contributed by atoms with Crippen LogP contribution < -0.4 is 0 Å². The molecule has 0 aliphatic heterocycles. The molecule has 0 bridgehead atoms. The number of hydrogen-bond acceptors (Lipinski definition) is 1. The largest absolute Gasteiger partial charge is 0.261 e. The lowest BCUT2D eigenvalue weighted by Crippen LogP contribution is -1.95. The highest BCUT2D eigenvalue weighted by atomic mass is 79.9. The van der Waals surface area contributed by atoms with Gasteiger partial charge >= 0.3 is 0 Å². The maximum atomic E-state index is 12.9. The van der Waals surface area contributed by atoms with Crippen LogP contribution >= 0.6 is 32.9 Å². The zero-order chi connectivity index (χ0) is 8.27. The molecular formula is C8H10Br2FN. The third-order valence-corrected chi connectivity index (χ3v) is 2.17. The minimum atomic E-state index is -0.221. The van der Waals surface area contributed by atoms with Crippen molar-refractivity contribution in [2.24, 2.45) is 0 Å². The van der Waals surface area contributed by atoms with Crippen molar-refractivity contribution < 1.29 is 4.39 Å².